The molecule has 0 saturated heterocycles. The Morgan fingerprint density at radius 2 is 1.81 bits per heavy atom. The lowest BCUT2D eigenvalue weighted by atomic mass is 10.2. The SMILES string of the molecule is NC(=S)c1ccccc1OCCOc1c(F)cccc1Cl. The number of hydrogen-bond acceptors (Lipinski definition) is 3. The van der Waals surface area contributed by atoms with Gasteiger partial charge >= 0.3 is 0 Å². The number of rotatable bonds is 6. The van der Waals surface area contributed by atoms with E-state index in [9.17, 15) is 4.39 Å². The molecule has 0 amide bonds. The van der Waals surface area contributed by atoms with Gasteiger partial charge in [-0.05, 0) is 24.3 Å². The molecule has 0 aliphatic carbocycles. The van der Waals surface area contributed by atoms with Crippen LogP contribution in [0.2, 0.25) is 5.02 Å². The van der Waals surface area contributed by atoms with Crippen LogP contribution < -0.4 is 15.2 Å². The standard InChI is InChI=1S/C15H13ClFNO2S/c16-11-5-3-6-12(17)14(11)20-9-8-19-13-7-2-1-4-10(13)15(18)21/h1-7H,8-9H2,(H2,18,21). The van der Waals surface area contributed by atoms with E-state index in [0.29, 0.717) is 11.3 Å². The fraction of sp³-hybridized carbons (Fsp3) is 0.133. The molecule has 0 saturated carbocycles. The van der Waals surface area contributed by atoms with E-state index in [1.807, 2.05) is 12.1 Å². The Bertz CT molecular complexity index is 631. The summed E-state index contributed by atoms with van der Waals surface area (Å²) >= 11 is 10.8. The van der Waals surface area contributed by atoms with Gasteiger partial charge in [-0.25, -0.2) is 4.39 Å². The lowest BCUT2D eigenvalue weighted by molar-refractivity contribution is 0.211. The first kappa shape index (κ1) is 15.5. The van der Waals surface area contributed by atoms with Crippen molar-refractivity contribution in [2.75, 3.05) is 13.2 Å². The minimum Gasteiger partial charge on any atom is -0.489 e. The molecular weight excluding hydrogens is 313 g/mol. The van der Waals surface area contributed by atoms with Crippen molar-refractivity contribution in [3.8, 4) is 11.5 Å². The van der Waals surface area contributed by atoms with Crippen molar-refractivity contribution >= 4 is 28.8 Å². The molecule has 0 aromatic heterocycles. The summed E-state index contributed by atoms with van der Waals surface area (Å²) in [4.78, 5) is 0.253. The Morgan fingerprint density at radius 3 is 2.52 bits per heavy atom. The van der Waals surface area contributed by atoms with Crippen LogP contribution in [0.25, 0.3) is 0 Å². The van der Waals surface area contributed by atoms with Crippen LogP contribution in [0.4, 0.5) is 4.39 Å². The number of nitrogens with two attached hydrogens (primary N) is 1. The van der Waals surface area contributed by atoms with Gasteiger partial charge in [0.2, 0.25) is 0 Å². The molecular formula is C15H13ClFNO2S. The molecule has 0 radical (unpaired) electrons. The Kier molecular flexibility index (Phi) is 5.36. The van der Waals surface area contributed by atoms with Crippen LogP contribution in [0.1, 0.15) is 5.56 Å². The van der Waals surface area contributed by atoms with Crippen molar-refractivity contribution in [2.24, 2.45) is 5.73 Å². The molecule has 0 aliphatic heterocycles. The zero-order valence-corrected chi connectivity index (χ0v) is 12.6. The summed E-state index contributed by atoms with van der Waals surface area (Å²) in [6, 6.07) is 11.5. The molecule has 2 aromatic rings. The molecule has 21 heavy (non-hydrogen) atoms. The lowest BCUT2D eigenvalue weighted by Crippen LogP contribution is -2.14. The van der Waals surface area contributed by atoms with Gasteiger partial charge in [0, 0.05) is 0 Å². The van der Waals surface area contributed by atoms with E-state index < -0.39 is 5.82 Å². The van der Waals surface area contributed by atoms with Crippen molar-refractivity contribution in [3.63, 3.8) is 0 Å². The molecule has 0 unspecified atom stereocenters. The van der Waals surface area contributed by atoms with Crippen LogP contribution in [0.5, 0.6) is 11.5 Å². The average Bonchev–Trinajstić information content (AvgIpc) is 2.46. The Hall–Kier alpha value is -1.85. The van der Waals surface area contributed by atoms with E-state index in [4.69, 9.17) is 39.0 Å². The molecule has 2 N–H and O–H groups in total. The van der Waals surface area contributed by atoms with Gasteiger partial charge in [-0.1, -0.05) is 42.0 Å². The van der Waals surface area contributed by atoms with Crippen molar-refractivity contribution < 1.29 is 13.9 Å². The summed E-state index contributed by atoms with van der Waals surface area (Å²) in [6.07, 6.45) is 0. The maximum Gasteiger partial charge on any atom is 0.173 e. The summed E-state index contributed by atoms with van der Waals surface area (Å²) in [5, 5.41) is 0.221. The van der Waals surface area contributed by atoms with E-state index in [2.05, 4.69) is 0 Å². The second kappa shape index (κ2) is 7.24. The number of para-hydroxylation sites is 2. The lowest BCUT2D eigenvalue weighted by Gasteiger charge is -2.12. The van der Waals surface area contributed by atoms with Gasteiger partial charge in [0.25, 0.3) is 0 Å². The molecule has 0 bridgehead atoms. The first-order valence-electron chi connectivity index (χ1n) is 6.18. The Labute approximate surface area is 132 Å². The first-order chi connectivity index (χ1) is 10.1. The molecule has 0 heterocycles. The predicted molar refractivity (Wildman–Crippen MR) is 84.7 cm³/mol. The summed E-state index contributed by atoms with van der Waals surface area (Å²) in [7, 11) is 0. The fourth-order valence-corrected chi connectivity index (χ4v) is 2.10. The topological polar surface area (TPSA) is 44.5 Å². The van der Waals surface area contributed by atoms with Gasteiger partial charge < -0.3 is 15.2 Å². The number of thiocarbonyl (C=S) groups is 1. The van der Waals surface area contributed by atoms with Crippen LogP contribution in [0.15, 0.2) is 42.5 Å². The van der Waals surface area contributed by atoms with Crippen molar-refractivity contribution in [3.05, 3.63) is 58.9 Å². The maximum atomic E-state index is 13.5. The summed E-state index contributed by atoms with van der Waals surface area (Å²) in [6.45, 7) is 0.358. The highest BCUT2D eigenvalue weighted by atomic mass is 35.5. The average molecular weight is 326 g/mol. The highest BCUT2D eigenvalue weighted by molar-refractivity contribution is 7.80. The Morgan fingerprint density at radius 1 is 1.10 bits per heavy atom. The van der Waals surface area contributed by atoms with E-state index in [1.165, 1.54) is 12.1 Å². The normalized spacial score (nSPS) is 10.2. The fourth-order valence-electron chi connectivity index (χ4n) is 1.71. The molecule has 6 heteroatoms. The summed E-state index contributed by atoms with van der Waals surface area (Å²) in [5.41, 5.74) is 6.25. The highest BCUT2D eigenvalue weighted by Crippen LogP contribution is 2.27. The molecule has 0 aliphatic rings. The van der Waals surface area contributed by atoms with Crippen LogP contribution in [0, 0.1) is 5.82 Å². The van der Waals surface area contributed by atoms with Crippen LogP contribution in [0.3, 0.4) is 0 Å². The van der Waals surface area contributed by atoms with Gasteiger partial charge in [0.1, 0.15) is 24.0 Å². The van der Waals surface area contributed by atoms with Gasteiger partial charge in [-0.3, -0.25) is 0 Å². The molecule has 0 atom stereocenters. The second-order valence-electron chi connectivity index (χ2n) is 4.11. The molecule has 2 rings (SSSR count). The molecule has 0 fully saturated rings. The first-order valence-corrected chi connectivity index (χ1v) is 6.96. The van der Waals surface area contributed by atoms with Crippen LogP contribution >= 0.6 is 23.8 Å². The molecule has 0 spiro atoms. The number of ether oxygens (including phenoxy) is 2. The Balaban J connectivity index is 1.92. The van der Waals surface area contributed by atoms with Gasteiger partial charge in [-0.2, -0.15) is 0 Å². The smallest absolute Gasteiger partial charge is 0.173 e. The minimum atomic E-state index is -0.508. The zero-order chi connectivity index (χ0) is 15.2. The predicted octanol–water partition coefficient (Wildman–Crippen LogP) is 3.57. The monoisotopic (exact) mass is 325 g/mol. The number of hydrogen-bond donors (Lipinski definition) is 1. The van der Waals surface area contributed by atoms with Crippen molar-refractivity contribution in [2.45, 2.75) is 0 Å². The number of halogens is 2. The van der Waals surface area contributed by atoms with Gasteiger partial charge in [0.15, 0.2) is 11.6 Å². The third-order valence-electron chi connectivity index (χ3n) is 2.66. The minimum absolute atomic E-state index is 0.0189. The van der Waals surface area contributed by atoms with Gasteiger partial charge in [0.05, 0.1) is 10.6 Å². The summed E-state index contributed by atoms with van der Waals surface area (Å²) in [5.74, 6) is 0.0738. The van der Waals surface area contributed by atoms with E-state index in [1.54, 1.807) is 18.2 Å². The molecule has 2 aromatic carbocycles. The highest BCUT2D eigenvalue weighted by Gasteiger charge is 2.09. The third-order valence-corrected chi connectivity index (χ3v) is 3.18. The summed E-state index contributed by atoms with van der Waals surface area (Å²) < 4.78 is 24.3. The zero-order valence-electron chi connectivity index (χ0n) is 11.0. The van der Waals surface area contributed by atoms with Crippen LogP contribution in [-0.2, 0) is 0 Å². The largest absolute Gasteiger partial charge is 0.489 e. The molecule has 110 valence electrons. The maximum absolute atomic E-state index is 13.5. The second-order valence-corrected chi connectivity index (χ2v) is 4.96. The van der Waals surface area contributed by atoms with Crippen LogP contribution in [-0.4, -0.2) is 18.2 Å². The molecule has 3 nitrogen and oxygen atoms in total. The number of benzene rings is 2. The van der Waals surface area contributed by atoms with E-state index in [0.717, 1.165) is 0 Å². The van der Waals surface area contributed by atoms with Gasteiger partial charge in [-0.15, -0.1) is 0 Å². The van der Waals surface area contributed by atoms with E-state index >= 15 is 0 Å². The third kappa shape index (κ3) is 4.06. The quantitative estimate of drug-likeness (QED) is 0.651. The van der Waals surface area contributed by atoms with Crippen molar-refractivity contribution in [1.29, 1.82) is 0 Å². The van der Waals surface area contributed by atoms with Crippen molar-refractivity contribution in [1.82, 2.24) is 0 Å². The van der Waals surface area contributed by atoms with E-state index in [-0.39, 0.29) is 29.0 Å².